The summed E-state index contributed by atoms with van der Waals surface area (Å²) in [5, 5.41) is 25.8. The van der Waals surface area contributed by atoms with Gasteiger partial charge in [-0.3, -0.25) is 4.98 Å². The van der Waals surface area contributed by atoms with E-state index in [1.165, 1.54) is 4.80 Å². The normalized spacial score (nSPS) is 27.4. The van der Waals surface area contributed by atoms with E-state index in [-0.39, 0.29) is 11.8 Å². The van der Waals surface area contributed by atoms with E-state index in [0.29, 0.717) is 34.6 Å². The van der Waals surface area contributed by atoms with Crippen molar-refractivity contribution in [1.29, 1.82) is 0 Å². The van der Waals surface area contributed by atoms with Gasteiger partial charge in [-0.15, -0.1) is 15.0 Å². The summed E-state index contributed by atoms with van der Waals surface area (Å²) in [5.41, 5.74) is 1.19. The Morgan fingerprint density at radius 1 is 1.29 bits per heavy atom. The molecule has 4 heterocycles. The summed E-state index contributed by atoms with van der Waals surface area (Å²) in [5.74, 6) is 1.19. The highest BCUT2D eigenvalue weighted by molar-refractivity contribution is 5.68. The van der Waals surface area contributed by atoms with Gasteiger partial charge in [0.1, 0.15) is 17.7 Å². The van der Waals surface area contributed by atoms with Gasteiger partial charge in [0, 0.05) is 30.3 Å². The van der Waals surface area contributed by atoms with Crippen molar-refractivity contribution >= 4 is 5.82 Å². The van der Waals surface area contributed by atoms with Crippen LogP contribution in [-0.4, -0.2) is 66.1 Å². The number of benzene rings is 1. The summed E-state index contributed by atoms with van der Waals surface area (Å²) in [4.78, 5) is 12.2. The highest BCUT2D eigenvalue weighted by Gasteiger charge is 2.51. The molecular weight excluding hydrogens is 399 g/mol. The van der Waals surface area contributed by atoms with Crippen molar-refractivity contribution in [3.05, 3.63) is 36.4 Å². The summed E-state index contributed by atoms with van der Waals surface area (Å²) in [7, 11) is 1.87. The number of halogens is 1. The minimum Gasteiger partial charge on any atom is -0.507 e. The van der Waals surface area contributed by atoms with Gasteiger partial charge in [0.25, 0.3) is 0 Å². The highest BCUT2D eigenvalue weighted by atomic mass is 19.1. The van der Waals surface area contributed by atoms with E-state index in [1.807, 2.05) is 18.9 Å². The molecule has 0 spiro atoms. The van der Waals surface area contributed by atoms with Gasteiger partial charge in [-0.25, -0.2) is 9.37 Å². The van der Waals surface area contributed by atoms with Gasteiger partial charge in [0.2, 0.25) is 0 Å². The fraction of sp³-hybridized carbons (Fsp3) is 0.476. The number of nitrogens with one attached hydrogen (secondary N) is 1. The zero-order valence-electron chi connectivity index (χ0n) is 17.7. The summed E-state index contributed by atoms with van der Waals surface area (Å²) < 4.78 is 15.2. The first-order chi connectivity index (χ1) is 14.8. The first-order valence-corrected chi connectivity index (χ1v) is 10.4. The van der Waals surface area contributed by atoms with Crippen LogP contribution in [0.5, 0.6) is 5.75 Å². The first-order valence-electron chi connectivity index (χ1n) is 10.4. The Morgan fingerprint density at radius 2 is 2.13 bits per heavy atom. The molecule has 2 fully saturated rings. The van der Waals surface area contributed by atoms with Gasteiger partial charge in [-0.05, 0) is 50.5 Å². The zero-order valence-corrected chi connectivity index (χ0v) is 17.7. The number of anilines is 1. The molecule has 162 valence electrons. The summed E-state index contributed by atoms with van der Waals surface area (Å²) in [6.45, 7) is 3.71. The van der Waals surface area contributed by atoms with Crippen LogP contribution in [0.4, 0.5) is 10.2 Å². The molecule has 5 rings (SSSR count). The fourth-order valence-corrected chi connectivity index (χ4v) is 4.74. The molecule has 0 aliphatic carbocycles. The molecule has 3 aromatic rings. The van der Waals surface area contributed by atoms with E-state index in [2.05, 4.69) is 30.7 Å². The lowest BCUT2D eigenvalue weighted by atomic mass is 9.86. The number of aryl methyl sites for hydroxylation is 1. The van der Waals surface area contributed by atoms with Crippen LogP contribution in [0.25, 0.3) is 16.9 Å². The molecule has 9 nitrogen and oxygen atoms in total. The van der Waals surface area contributed by atoms with E-state index >= 15 is 4.39 Å². The minimum absolute atomic E-state index is 0.0366. The van der Waals surface area contributed by atoms with Crippen molar-refractivity contribution < 1.29 is 9.50 Å². The molecule has 2 saturated heterocycles. The molecule has 0 saturated carbocycles. The maximum atomic E-state index is 15.2. The third kappa shape index (κ3) is 3.40. The maximum absolute atomic E-state index is 15.2. The van der Waals surface area contributed by atoms with Crippen LogP contribution < -0.4 is 10.2 Å². The number of aromatic hydroxyl groups is 1. The summed E-state index contributed by atoms with van der Waals surface area (Å²) in [6, 6.07) is 5.16. The number of piperidine rings is 1. The quantitative estimate of drug-likeness (QED) is 0.657. The molecule has 2 aliphatic rings. The van der Waals surface area contributed by atoms with Crippen molar-refractivity contribution in [3.63, 3.8) is 0 Å². The third-order valence-corrected chi connectivity index (χ3v) is 6.52. The largest absolute Gasteiger partial charge is 0.507 e. The number of rotatable bonds is 4. The molecule has 4 atom stereocenters. The number of tetrazole rings is 1. The number of hydrogen-bond acceptors (Lipinski definition) is 8. The van der Waals surface area contributed by atoms with E-state index in [0.717, 1.165) is 19.3 Å². The molecule has 0 amide bonds. The molecule has 1 unspecified atom stereocenters. The van der Waals surface area contributed by atoms with Crippen molar-refractivity contribution in [2.24, 2.45) is 0 Å². The Kier molecular flexibility index (Phi) is 4.62. The second-order valence-corrected chi connectivity index (χ2v) is 8.70. The molecule has 2 aromatic heterocycles. The topological polar surface area (TPSA) is 105 Å². The molecule has 0 radical (unpaired) electrons. The molecular formula is C21H25FN8O. The Labute approximate surface area is 179 Å². The van der Waals surface area contributed by atoms with Crippen LogP contribution in [0.1, 0.15) is 32.0 Å². The number of aromatic nitrogens is 6. The van der Waals surface area contributed by atoms with Crippen molar-refractivity contribution in [3.8, 4) is 22.7 Å². The standard InChI is InChI=1S/C21H25FN8O/c1-12-26-28-30(27-12)14-4-5-15(18(31)9-14)16-10-24-19(11-23-16)29(3)17-8-13-6-7-21(2,25-13)20(17)22/h4-5,9-11,13,17,20,25,31H,6-8H2,1-3H3/t13?,17-,20+,21+/m1/s1. The summed E-state index contributed by atoms with van der Waals surface area (Å²) >= 11 is 0. The van der Waals surface area contributed by atoms with Crippen molar-refractivity contribution in [2.75, 3.05) is 11.9 Å². The number of nitrogens with zero attached hydrogens (tertiary/aromatic N) is 7. The number of alkyl halides is 1. The lowest BCUT2D eigenvalue weighted by Crippen LogP contribution is -2.62. The van der Waals surface area contributed by atoms with Gasteiger partial charge in [0.05, 0.1) is 29.8 Å². The third-order valence-electron chi connectivity index (χ3n) is 6.52. The molecule has 31 heavy (non-hydrogen) atoms. The van der Waals surface area contributed by atoms with E-state index in [9.17, 15) is 5.11 Å². The second-order valence-electron chi connectivity index (χ2n) is 8.70. The summed E-state index contributed by atoms with van der Waals surface area (Å²) in [6.07, 6.45) is 4.85. The van der Waals surface area contributed by atoms with Crippen molar-refractivity contribution in [2.45, 2.75) is 56.9 Å². The van der Waals surface area contributed by atoms with Gasteiger partial charge >= 0.3 is 0 Å². The number of phenols is 1. The fourth-order valence-electron chi connectivity index (χ4n) is 4.74. The number of fused-ring (bicyclic) bond motifs is 2. The average Bonchev–Trinajstić information content (AvgIpc) is 3.34. The van der Waals surface area contributed by atoms with Gasteiger partial charge in [-0.2, -0.15) is 0 Å². The minimum atomic E-state index is -0.983. The zero-order chi connectivity index (χ0) is 21.8. The maximum Gasteiger partial charge on any atom is 0.172 e. The second kappa shape index (κ2) is 7.23. The Morgan fingerprint density at radius 3 is 2.81 bits per heavy atom. The number of phenolic OH excluding ortho intramolecular Hbond substituents is 1. The van der Waals surface area contributed by atoms with Crippen LogP contribution in [0.15, 0.2) is 30.6 Å². The predicted octanol–water partition coefficient (Wildman–Crippen LogP) is 2.19. The average molecular weight is 424 g/mol. The van der Waals surface area contributed by atoms with E-state index in [1.54, 1.807) is 37.5 Å². The lowest BCUT2D eigenvalue weighted by molar-refractivity contribution is 0.111. The van der Waals surface area contributed by atoms with E-state index < -0.39 is 11.7 Å². The Hall–Kier alpha value is -3.14. The van der Waals surface area contributed by atoms with Crippen LogP contribution >= 0.6 is 0 Å². The predicted molar refractivity (Wildman–Crippen MR) is 113 cm³/mol. The van der Waals surface area contributed by atoms with Gasteiger partial charge in [-0.1, -0.05) is 0 Å². The van der Waals surface area contributed by atoms with Crippen LogP contribution in [-0.2, 0) is 0 Å². The monoisotopic (exact) mass is 424 g/mol. The van der Waals surface area contributed by atoms with Crippen LogP contribution in [0.3, 0.4) is 0 Å². The highest BCUT2D eigenvalue weighted by Crippen LogP contribution is 2.40. The van der Waals surface area contributed by atoms with Crippen molar-refractivity contribution in [1.82, 2.24) is 35.5 Å². The van der Waals surface area contributed by atoms with E-state index in [4.69, 9.17) is 0 Å². The van der Waals surface area contributed by atoms with Crippen LogP contribution in [0, 0.1) is 6.92 Å². The Bertz CT molecular complexity index is 1100. The molecule has 1 aromatic carbocycles. The number of hydrogen-bond donors (Lipinski definition) is 2. The van der Waals surface area contributed by atoms with Gasteiger partial charge in [0.15, 0.2) is 5.82 Å². The molecule has 2 N–H and O–H groups in total. The molecule has 2 aliphatic heterocycles. The molecule has 2 bridgehead atoms. The first kappa shape index (κ1) is 19.8. The Balaban J connectivity index is 1.36. The lowest BCUT2D eigenvalue weighted by Gasteiger charge is -2.44. The van der Waals surface area contributed by atoms with Gasteiger partial charge < -0.3 is 15.3 Å². The SMILES string of the molecule is Cc1nnn(-c2ccc(-c3cnc(N(C)[C@@H]4CC5CC[C@](C)(N5)[C@H]4F)cn3)c(O)c2)n1. The smallest absolute Gasteiger partial charge is 0.172 e. The van der Waals surface area contributed by atoms with Crippen LogP contribution in [0.2, 0.25) is 0 Å². The molecule has 10 heteroatoms.